The van der Waals surface area contributed by atoms with Crippen LogP contribution in [0.25, 0.3) is 0 Å². The molecule has 0 bridgehead atoms. The molecular weight excluding hydrogens is 260 g/mol. The summed E-state index contributed by atoms with van der Waals surface area (Å²) >= 11 is 0. The van der Waals surface area contributed by atoms with E-state index in [0.29, 0.717) is 12.5 Å². The minimum Gasteiger partial charge on any atom is -0.387 e. The molecule has 1 rings (SSSR count). The number of hydrogen-bond acceptors (Lipinski definition) is 3. The minimum atomic E-state index is -0.412. The van der Waals surface area contributed by atoms with E-state index < -0.39 is 6.10 Å². The summed E-state index contributed by atoms with van der Waals surface area (Å²) in [6.07, 6.45) is -0.412. The molecule has 3 heteroatoms. The first-order chi connectivity index (χ1) is 9.77. The number of aliphatic hydroxyl groups excluding tert-OH is 1. The lowest BCUT2D eigenvalue weighted by Crippen LogP contribution is -2.37. The number of nitrogens with zero attached hydrogens (tertiary/aromatic N) is 2. The molecule has 0 aromatic heterocycles. The molecule has 0 aliphatic heterocycles. The Kier molecular flexibility index (Phi) is 7.36. The van der Waals surface area contributed by atoms with Crippen molar-refractivity contribution in [2.45, 2.75) is 33.8 Å². The van der Waals surface area contributed by atoms with E-state index in [-0.39, 0.29) is 0 Å². The van der Waals surface area contributed by atoms with Gasteiger partial charge in [-0.2, -0.15) is 0 Å². The van der Waals surface area contributed by atoms with E-state index >= 15 is 0 Å². The van der Waals surface area contributed by atoms with Crippen molar-refractivity contribution in [1.82, 2.24) is 9.80 Å². The van der Waals surface area contributed by atoms with Crippen LogP contribution in [0.3, 0.4) is 0 Å². The third-order valence-corrected chi connectivity index (χ3v) is 3.55. The van der Waals surface area contributed by atoms with Gasteiger partial charge >= 0.3 is 0 Å². The third kappa shape index (κ3) is 7.07. The Bertz CT molecular complexity index is 409. The van der Waals surface area contributed by atoms with Crippen molar-refractivity contribution >= 4 is 0 Å². The number of aryl methyl sites for hydroxylation is 2. The van der Waals surface area contributed by atoms with Gasteiger partial charge in [0.1, 0.15) is 0 Å². The highest BCUT2D eigenvalue weighted by Gasteiger charge is 2.15. The molecule has 0 heterocycles. The van der Waals surface area contributed by atoms with Crippen molar-refractivity contribution in [3.8, 4) is 0 Å². The van der Waals surface area contributed by atoms with Gasteiger partial charge in [0.2, 0.25) is 0 Å². The summed E-state index contributed by atoms with van der Waals surface area (Å²) in [5.74, 6) is 0.610. The second kappa shape index (κ2) is 8.52. The summed E-state index contributed by atoms with van der Waals surface area (Å²) in [7, 11) is 4.18. The van der Waals surface area contributed by atoms with Crippen LogP contribution in [-0.2, 0) is 0 Å². The van der Waals surface area contributed by atoms with Crippen molar-refractivity contribution in [1.29, 1.82) is 0 Å². The number of aliphatic hydroxyl groups is 1. The largest absolute Gasteiger partial charge is 0.387 e. The number of hydrogen-bond donors (Lipinski definition) is 1. The summed E-state index contributed by atoms with van der Waals surface area (Å²) in [4.78, 5) is 4.56. The molecule has 0 fully saturated rings. The predicted molar refractivity (Wildman–Crippen MR) is 90.7 cm³/mol. The molecule has 0 aliphatic rings. The Labute approximate surface area is 130 Å². The number of likely N-dealkylation sites (N-methyl/N-ethyl adjacent to an activating group) is 1. The van der Waals surface area contributed by atoms with Gasteiger partial charge in [0.05, 0.1) is 6.10 Å². The molecule has 120 valence electrons. The van der Waals surface area contributed by atoms with Crippen LogP contribution < -0.4 is 0 Å². The average Bonchev–Trinajstić information content (AvgIpc) is 2.33. The fourth-order valence-corrected chi connectivity index (χ4v) is 2.67. The zero-order valence-corrected chi connectivity index (χ0v) is 14.6. The fourth-order valence-electron chi connectivity index (χ4n) is 2.67. The molecule has 1 unspecified atom stereocenters. The minimum absolute atomic E-state index is 0.412. The average molecular weight is 292 g/mol. The molecule has 1 aromatic carbocycles. The molecule has 1 atom stereocenters. The first-order valence-corrected chi connectivity index (χ1v) is 7.91. The summed E-state index contributed by atoms with van der Waals surface area (Å²) in [5.41, 5.74) is 3.46. The van der Waals surface area contributed by atoms with Gasteiger partial charge in [0.15, 0.2) is 0 Å². The van der Waals surface area contributed by atoms with Crippen LogP contribution >= 0.6 is 0 Å². The summed E-state index contributed by atoms with van der Waals surface area (Å²) in [5, 5.41) is 10.6. The summed E-state index contributed by atoms with van der Waals surface area (Å²) in [6, 6.07) is 6.34. The molecule has 0 amide bonds. The highest BCUT2D eigenvalue weighted by molar-refractivity contribution is 5.30. The smallest absolute Gasteiger partial charge is 0.0917 e. The maximum atomic E-state index is 10.6. The van der Waals surface area contributed by atoms with Crippen LogP contribution in [0.15, 0.2) is 18.2 Å². The Balaban J connectivity index is 2.71. The fraction of sp³-hybridized carbons (Fsp3) is 0.667. The summed E-state index contributed by atoms with van der Waals surface area (Å²) < 4.78 is 0. The lowest BCUT2D eigenvalue weighted by atomic mass is 10.0. The van der Waals surface area contributed by atoms with Gasteiger partial charge < -0.3 is 10.0 Å². The van der Waals surface area contributed by atoms with Crippen LogP contribution in [0.1, 0.15) is 36.6 Å². The molecule has 1 aromatic rings. The predicted octanol–water partition coefficient (Wildman–Crippen LogP) is 2.86. The van der Waals surface area contributed by atoms with Crippen molar-refractivity contribution in [2.75, 3.05) is 40.3 Å². The molecule has 0 aliphatic carbocycles. The van der Waals surface area contributed by atoms with Crippen LogP contribution in [0.4, 0.5) is 0 Å². The lowest BCUT2D eigenvalue weighted by Gasteiger charge is -2.28. The van der Waals surface area contributed by atoms with Gasteiger partial charge in [0.25, 0.3) is 0 Å². The van der Waals surface area contributed by atoms with Crippen LogP contribution in [0.2, 0.25) is 0 Å². The zero-order chi connectivity index (χ0) is 16.0. The van der Waals surface area contributed by atoms with Gasteiger partial charge in [0, 0.05) is 26.2 Å². The second-order valence-corrected chi connectivity index (χ2v) is 6.89. The molecule has 3 nitrogen and oxygen atoms in total. The van der Waals surface area contributed by atoms with E-state index in [4.69, 9.17) is 0 Å². The normalized spacial score (nSPS) is 13.4. The van der Waals surface area contributed by atoms with E-state index in [9.17, 15) is 5.11 Å². The van der Waals surface area contributed by atoms with E-state index in [0.717, 1.165) is 25.2 Å². The van der Waals surface area contributed by atoms with Gasteiger partial charge in [-0.25, -0.2) is 0 Å². The lowest BCUT2D eigenvalue weighted by molar-refractivity contribution is 0.101. The molecule has 1 N–H and O–H groups in total. The van der Waals surface area contributed by atoms with Gasteiger partial charge in [-0.1, -0.05) is 43.2 Å². The quantitative estimate of drug-likeness (QED) is 0.798. The molecule has 21 heavy (non-hydrogen) atoms. The van der Waals surface area contributed by atoms with E-state index in [1.807, 2.05) is 0 Å². The molecule has 0 radical (unpaired) electrons. The standard InChI is InChI=1S/C18H32N2O/c1-14(2)12-20(8-7-19(5)6)13-18(21)17-10-15(3)9-16(4)11-17/h9-11,14,18,21H,7-8,12-13H2,1-6H3. The first-order valence-electron chi connectivity index (χ1n) is 7.91. The van der Waals surface area contributed by atoms with Gasteiger partial charge in [-0.15, -0.1) is 0 Å². The SMILES string of the molecule is Cc1cc(C)cc(C(O)CN(CCN(C)C)CC(C)C)c1. The highest BCUT2D eigenvalue weighted by atomic mass is 16.3. The highest BCUT2D eigenvalue weighted by Crippen LogP contribution is 2.18. The molecular formula is C18H32N2O. The van der Waals surface area contributed by atoms with Crippen molar-refractivity contribution in [3.63, 3.8) is 0 Å². The van der Waals surface area contributed by atoms with Crippen LogP contribution in [-0.4, -0.2) is 55.2 Å². The Hall–Kier alpha value is -0.900. The molecule has 0 saturated carbocycles. The third-order valence-electron chi connectivity index (χ3n) is 3.55. The second-order valence-electron chi connectivity index (χ2n) is 6.89. The number of rotatable bonds is 8. The molecule has 0 spiro atoms. The number of benzene rings is 1. The first kappa shape index (κ1) is 18.1. The van der Waals surface area contributed by atoms with Crippen molar-refractivity contribution < 1.29 is 5.11 Å². The Morgan fingerprint density at radius 1 is 0.952 bits per heavy atom. The van der Waals surface area contributed by atoms with Crippen molar-refractivity contribution in [2.24, 2.45) is 5.92 Å². The monoisotopic (exact) mass is 292 g/mol. The summed E-state index contributed by atoms with van der Waals surface area (Å²) in [6.45, 7) is 12.4. The van der Waals surface area contributed by atoms with E-state index in [1.54, 1.807) is 0 Å². The topological polar surface area (TPSA) is 26.7 Å². The van der Waals surface area contributed by atoms with E-state index in [1.165, 1.54) is 11.1 Å². The van der Waals surface area contributed by atoms with Crippen LogP contribution in [0.5, 0.6) is 0 Å². The van der Waals surface area contributed by atoms with Gasteiger partial charge in [-0.3, -0.25) is 4.90 Å². The maximum absolute atomic E-state index is 10.6. The Morgan fingerprint density at radius 2 is 1.52 bits per heavy atom. The van der Waals surface area contributed by atoms with Crippen molar-refractivity contribution in [3.05, 3.63) is 34.9 Å². The van der Waals surface area contributed by atoms with Crippen LogP contribution in [0, 0.1) is 19.8 Å². The Morgan fingerprint density at radius 3 is 2.00 bits per heavy atom. The molecule has 0 saturated heterocycles. The zero-order valence-electron chi connectivity index (χ0n) is 14.6. The van der Waals surface area contributed by atoms with E-state index in [2.05, 4.69) is 69.8 Å². The van der Waals surface area contributed by atoms with Gasteiger partial charge in [-0.05, 0) is 39.4 Å². The maximum Gasteiger partial charge on any atom is 0.0917 e.